The molecule has 18 heavy (non-hydrogen) atoms. The summed E-state index contributed by atoms with van der Waals surface area (Å²) in [6, 6.07) is 0. The Morgan fingerprint density at radius 3 is 2.33 bits per heavy atom. The first-order chi connectivity index (χ1) is 8.57. The van der Waals surface area contributed by atoms with Crippen LogP contribution in [0.1, 0.15) is 67.2 Å². The summed E-state index contributed by atoms with van der Waals surface area (Å²) in [6.07, 6.45) is 7.40. The van der Waals surface area contributed by atoms with Gasteiger partial charge in [-0.3, -0.25) is 4.68 Å². The average Bonchev–Trinajstić information content (AvgIpc) is 2.59. The first-order valence-corrected chi connectivity index (χ1v) is 6.85. The topological polar surface area (TPSA) is 55.1 Å². The molecule has 0 aliphatic rings. The van der Waals surface area contributed by atoms with E-state index in [0.29, 0.717) is 11.3 Å². The quantitative estimate of drug-likeness (QED) is 0.720. The molecule has 0 aliphatic heterocycles. The van der Waals surface area contributed by atoms with Crippen LogP contribution >= 0.6 is 0 Å². The number of carboxylic acids is 1. The number of aromatic nitrogens is 2. The van der Waals surface area contributed by atoms with Crippen molar-refractivity contribution in [2.75, 3.05) is 0 Å². The van der Waals surface area contributed by atoms with E-state index in [1.54, 1.807) is 6.92 Å². The number of hydrogen-bond donors (Lipinski definition) is 1. The fraction of sp³-hybridized carbons (Fsp3) is 0.714. The van der Waals surface area contributed by atoms with Crippen LogP contribution in [0.15, 0.2) is 0 Å². The number of rotatable bonds is 8. The van der Waals surface area contributed by atoms with Gasteiger partial charge in [0.1, 0.15) is 5.56 Å². The Hall–Kier alpha value is -1.32. The Labute approximate surface area is 109 Å². The average molecular weight is 252 g/mol. The molecule has 4 nitrogen and oxygen atoms in total. The molecule has 0 unspecified atom stereocenters. The first-order valence-electron chi connectivity index (χ1n) is 6.85. The number of unbranched alkanes of at least 4 members (excludes halogenated alkanes) is 5. The molecular weight excluding hydrogens is 228 g/mol. The Kier molecular flexibility index (Phi) is 5.89. The molecular formula is C14H24N2O2. The molecule has 0 fully saturated rings. The molecule has 102 valence electrons. The van der Waals surface area contributed by atoms with Gasteiger partial charge in [0, 0.05) is 6.54 Å². The van der Waals surface area contributed by atoms with Gasteiger partial charge >= 0.3 is 5.97 Å². The number of nitrogens with zero attached hydrogens (tertiary/aromatic N) is 2. The van der Waals surface area contributed by atoms with Gasteiger partial charge in [0.15, 0.2) is 0 Å². The smallest absolute Gasteiger partial charge is 0.339 e. The van der Waals surface area contributed by atoms with Gasteiger partial charge in [0.2, 0.25) is 0 Å². The lowest BCUT2D eigenvalue weighted by Crippen LogP contribution is -2.04. The molecule has 1 aromatic heterocycles. The van der Waals surface area contributed by atoms with Gasteiger partial charge in [-0.1, -0.05) is 39.0 Å². The van der Waals surface area contributed by atoms with Crippen molar-refractivity contribution in [3.63, 3.8) is 0 Å². The van der Waals surface area contributed by atoms with E-state index >= 15 is 0 Å². The highest BCUT2D eigenvalue weighted by atomic mass is 16.4. The minimum absolute atomic E-state index is 0.362. The number of carbonyl (C=O) groups is 1. The molecule has 0 aliphatic carbocycles. The normalized spacial score (nSPS) is 10.8. The number of aromatic carboxylic acids is 1. The van der Waals surface area contributed by atoms with Gasteiger partial charge < -0.3 is 5.11 Å². The Morgan fingerprint density at radius 1 is 1.17 bits per heavy atom. The van der Waals surface area contributed by atoms with Crippen LogP contribution in [0.2, 0.25) is 0 Å². The third-order valence-corrected chi connectivity index (χ3v) is 3.32. The first kappa shape index (κ1) is 14.7. The highest BCUT2D eigenvalue weighted by Gasteiger charge is 2.16. The monoisotopic (exact) mass is 252 g/mol. The van der Waals surface area contributed by atoms with Crippen LogP contribution in [-0.2, 0) is 6.54 Å². The maximum atomic E-state index is 11.1. The van der Waals surface area contributed by atoms with E-state index < -0.39 is 5.97 Å². The van der Waals surface area contributed by atoms with E-state index in [2.05, 4.69) is 12.0 Å². The molecule has 0 atom stereocenters. The predicted octanol–water partition coefficient (Wildman–Crippen LogP) is 3.56. The fourth-order valence-corrected chi connectivity index (χ4v) is 2.27. The van der Waals surface area contributed by atoms with Gasteiger partial charge in [0.05, 0.1) is 11.4 Å². The Balaban J connectivity index is 2.44. The van der Waals surface area contributed by atoms with E-state index in [0.717, 1.165) is 18.7 Å². The van der Waals surface area contributed by atoms with Crippen LogP contribution < -0.4 is 0 Å². The van der Waals surface area contributed by atoms with Crippen molar-refractivity contribution in [3.8, 4) is 0 Å². The van der Waals surface area contributed by atoms with Gasteiger partial charge in [-0.2, -0.15) is 5.10 Å². The summed E-state index contributed by atoms with van der Waals surface area (Å²) in [5.41, 5.74) is 1.75. The Morgan fingerprint density at radius 2 is 1.78 bits per heavy atom. The molecule has 0 bridgehead atoms. The molecule has 1 rings (SSSR count). The molecule has 0 saturated heterocycles. The molecule has 0 aromatic carbocycles. The van der Waals surface area contributed by atoms with E-state index in [1.807, 2.05) is 11.6 Å². The molecule has 0 radical (unpaired) electrons. The van der Waals surface area contributed by atoms with Crippen LogP contribution in [0, 0.1) is 13.8 Å². The number of hydrogen-bond acceptors (Lipinski definition) is 2. The van der Waals surface area contributed by atoms with Crippen molar-refractivity contribution in [1.82, 2.24) is 9.78 Å². The molecule has 0 amide bonds. The summed E-state index contributed by atoms with van der Waals surface area (Å²) in [5.74, 6) is -0.876. The summed E-state index contributed by atoms with van der Waals surface area (Å²) >= 11 is 0. The summed E-state index contributed by atoms with van der Waals surface area (Å²) in [4.78, 5) is 11.1. The minimum atomic E-state index is -0.876. The van der Waals surface area contributed by atoms with Crippen LogP contribution in [0.4, 0.5) is 0 Å². The SMILES string of the molecule is CCCCCCCCn1nc(C)c(C(=O)O)c1C. The molecule has 4 heteroatoms. The van der Waals surface area contributed by atoms with Gasteiger partial charge in [0.25, 0.3) is 0 Å². The molecule has 1 aromatic rings. The second-order valence-electron chi connectivity index (χ2n) is 4.84. The summed E-state index contributed by atoms with van der Waals surface area (Å²) in [5, 5.41) is 13.4. The zero-order valence-corrected chi connectivity index (χ0v) is 11.7. The van der Waals surface area contributed by atoms with Crippen molar-refractivity contribution < 1.29 is 9.90 Å². The van der Waals surface area contributed by atoms with Crippen molar-refractivity contribution in [3.05, 3.63) is 17.0 Å². The summed E-state index contributed by atoms with van der Waals surface area (Å²) in [6.45, 7) is 6.63. The van der Waals surface area contributed by atoms with Gasteiger partial charge in [-0.15, -0.1) is 0 Å². The lowest BCUT2D eigenvalue weighted by atomic mass is 10.1. The van der Waals surface area contributed by atoms with Gasteiger partial charge in [-0.25, -0.2) is 4.79 Å². The standard InChI is InChI=1S/C14H24N2O2/c1-4-5-6-7-8-9-10-16-12(3)13(14(17)18)11(2)15-16/h4-10H2,1-3H3,(H,17,18). The second kappa shape index (κ2) is 7.19. The number of carboxylic acid groups (broad SMARTS) is 1. The van der Waals surface area contributed by atoms with Crippen LogP contribution in [-0.4, -0.2) is 20.9 Å². The highest BCUT2D eigenvalue weighted by molar-refractivity contribution is 5.90. The Bertz CT molecular complexity index is 397. The zero-order valence-electron chi connectivity index (χ0n) is 11.7. The largest absolute Gasteiger partial charge is 0.478 e. The zero-order chi connectivity index (χ0) is 13.5. The second-order valence-corrected chi connectivity index (χ2v) is 4.84. The lowest BCUT2D eigenvalue weighted by Gasteiger charge is -2.04. The summed E-state index contributed by atoms with van der Waals surface area (Å²) in [7, 11) is 0. The fourth-order valence-electron chi connectivity index (χ4n) is 2.27. The summed E-state index contributed by atoms with van der Waals surface area (Å²) < 4.78 is 1.83. The van der Waals surface area contributed by atoms with Crippen LogP contribution in [0.25, 0.3) is 0 Å². The van der Waals surface area contributed by atoms with Crippen LogP contribution in [0.3, 0.4) is 0 Å². The van der Waals surface area contributed by atoms with Crippen molar-refractivity contribution in [2.45, 2.75) is 65.8 Å². The maximum Gasteiger partial charge on any atom is 0.339 e. The van der Waals surface area contributed by atoms with Crippen molar-refractivity contribution >= 4 is 5.97 Å². The molecule has 1 heterocycles. The predicted molar refractivity (Wildman–Crippen MR) is 72.0 cm³/mol. The highest BCUT2D eigenvalue weighted by Crippen LogP contribution is 2.14. The lowest BCUT2D eigenvalue weighted by molar-refractivity contribution is 0.0695. The van der Waals surface area contributed by atoms with Gasteiger partial charge in [-0.05, 0) is 20.3 Å². The van der Waals surface area contributed by atoms with Crippen molar-refractivity contribution in [2.24, 2.45) is 0 Å². The maximum absolute atomic E-state index is 11.1. The van der Waals surface area contributed by atoms with E-state index in [1.165, 1.54) is 32.1 Å². The number of aryl methyl sites for hydroxylation is 2. The third-order valence-electron chi connectivity index (χ3n) is 3.32. The van der Waals surface area contributed by atoms with E-state index in [-0.39, 0.29) is 0 Å². The molecule has 1 N–H and O–H groups in total. The minimum Gasteiger partial charge on any atom is -0.478 e. The van der Waals surface area contributed by atoms with Crippen molar-refractivity contribution in [1.29, 1.82) is 0 Å². The third kappa shape index (κ3) is 3.86. The van der Waals surface area contributed by atoms with Crippen LogP contribution in [0.5, 0.6) is 0 Å². The molecule has 0 saturated carbocycles. The van der Waals surface area contributed by atoms with E-state index in [9.17, 15) is 4.79 Å². The molecule has 0 spiro atoms. The van der Waals surface area contributed by atoms with E-state index in [4.69, 9.17) is 5.11 Å².